The van der Waals surface area contributed by atoms with Crippen molar-refractivity contribution in [2.45, 2.75) is 0 Å². The molecule has 3 aromatic heterocycles. The highest BCUT2D eigenvalue weighted by Crippen LogP contribution is 2.44. The van der Waals surface area contributed by atoms with Crippen LogP contribution in [-0.4, -0.2) is 19.9 Å². The van der Waals surface area contributed by atoms with Crippen molar-refractivity contribution < 1.29 is 0 Å². The second-order valence-corrected chi connectivity index (χ2v) is 11.9. The molecule has 0 fully saturated rings. The molecule has 0 atom stereocenters. The van der Waals surface area contributed by atoms with Crippen LogP contribution in [0.15, 0.2) is 146 Å². The van der Waals surface area contributed by atoms with Gasteiger partial charge < -0.3 is 0 Å². The minimum Gasteiger partial charge on any atom is -0.255 e. The van der Waals surface area contributed by atoms with Gasteiger partial charge in [0.05, 0.1) is 11.4 Å². The summed E-state index contributed by atoms with van der Waals surface area (Å²) < 4.78 is 0. The maximum Gasteiger partial charge on any atom is 0.159 e. The number of pyridine rings is 2. The van der Waals surface area contributed by atoms with Gasteiger partial charge in [0.1, 0.15) is 0 Å². The van der Waals surface area contributed by atoms with Crippen LogP contribution in [0, 0.1) is 0 Å². The zero-order chi connectivity index (χ0) is 30.2. The van der Waals surface area contributed by atoms with Crippen molar-refractivity contribution in [3.8, 4) is 33.9 Å². The van der Waals surface area contributed by atoms with Crippen LogP contribution in [0.25, 0.3) is 98.5 Å². The standard InChI is InChI=1S/C42H24N4/c1-2-19-43-36(12-1)37-18-17-29(22-44-37)31-23-45-42(46-24-31)30-20-28-16-15-27-7-4-10-33-32-9-3-6-25-13-14-26-8-5-11-34(40(26)38(25)32)35(21-30)41(28)39(27)33/h1-24H. The molecule has 0 bridgehead atoms. The Morgan fingerprint density at radius 1 is 0.326 bits per heavy atom. The van der Waals surface area contributed by atoms with Gasteiger partial charge in [0.15, 0.2) is 5.82 Å². The van der Waals surface area contributed by atoms with Crippen molar-refractivity contribution in [1.29, 1.82) is 0 Å². The molecule has 0 unspecified atom stereocenters. The summed E-state index contributed by atoms with van der Waals surface area (Å²) in [6.45, 7) is 0. The summed E-state index contributed by atoms with van der Waals surface area (Å²) in [6, 6.07) is 43.4. The topological polar surface area (TPSA) is 51.6 Å². The predicted molar refractivity (Wildman–Crippen MR) is 190 cm³/mol. The van der Waals surface area contributed by atoms with Gasteiger partial charge in [-0.25, -0.2) is 9.97 Å². The first-order valence-corrected chi connectivity index (χ1v) is 15.5. The van der Waals surface area contributed by atoms with Gasteiger partial charge in [0, 0.05) is 41.5 Å². The molecule has 0 saturated carbocycles. The lowest BCUT2D eigenvalue weighted by molar-refractivity contribution is 1.17. The second kappa shape index (κ2) is 9.62. The first-order chi connectivity index (χ1) is 22.8. The lowest BCUT2D eigenvalue weighted by atomic mass is 9.87. The minimum absolute atomic E-state index is 0.696. The SMILES string of the molecule is c1ccc(-c2ccc(-c3cnc(-c4cc5ccc6cccc7c8cccc9ccc%10cccc(c(c4)c5c67)c%10c98)nc3)cn2)nc1. The predicted octanol–water partition coefficient (Wildman–Crippen LogP) is 10.6. The van der Waals surface area contributed by atoms with E-state index in [0.717, 1.165) is 28.1 Å². The quantitative estimate of drug-likeness (QED) is 0.194. The fraction of sp³-hybridized carbons (Fsp3) is 0. The molecule has 0 amide bonds. The first-order valence-electron chi connectivity index (χ1n) is 15.5. The Hall–Kier alpha value is -6.26. The van der Waals surface area contributed by atoms with Crippen LogP contribution >= 0.6 is 0 Å². The number of hydrogen-bond donors (Lipinski definition) is 0. The number of nitrogens with zero attached hydrogens (tertiary/aromatic N) is 4. The average molecular weight is 585 g/mol. The van der Waals surface area contributed by atoms with E-state index < -0.39 is 0 Å². The molecular formula is C42H24N4. The van der Waals surface area contributed by atoms with E-state index in [2.05, 4.69) is 101 Å². The number of benzene rings is 6. The molecule has 10 aromatic rings. The van der Waals surface area contributed by atoms with E-state index in [9.17, 15) is 0 Å². The third-order valence-corrected chi connectivity index (χ3v) is 9.36. The van der Waals surface area contributed by atoms with Gasteiger partial charge in [-0.1, -0.05) is 91.0 Å². The fourth-order valence-electron chi connectivity index (χ4n) is 7.27. The van der Waals surface area contributed by atoms with Gasteiger partial charge in [0.25, 0.3) is 0 Å². The third kappa shape index (κ3) is 3.67. The number of fused-ring (bicyclic) bond motifs is 2. The lowest BCUT2D eigenvalue weighted by Gasteiger charge is -2.16. The molecule has 10 rings (SSSR count). The van der Waals surface area contributed by atoms with Crippen molar-refractivity contribution in [3.05, 3.63) is 146 Å². The number of rotatable bonds is 3. The summed E-state index contributed by atoms with van der Waals surface area (Å²) in [6.07, 6.45) is 7.42. The minimum atomic E-state index is 0.696. The molecule has 0 spiro atoms. The fourth-order valence-corrected chi connectivity index (χ4v) is 7.27. The van der Waals surface area contributed by atoms with E-state index in [4.69, 9.17) is 9.97 Å². The molecule has 0 aliphatic carbocycles. The summed E-state index contributed by atoms with van der Waals surface area (Å²) in [5, 5.41) is 15.1. The highest BCUT2D eigenvalue weighted by atomic mass is 14.9. The van der Waals surface area contributed by atoms with Crippen molar-refractivity contribution >= 4 is 64.6 Å². The van der Waals surface area contributed by atoms with E-state index in [0.29, 0.717) is 5.82 Å². The molecule has 4 nitrogen and oxygen atoms in total. The molecule has 0 aliphatic rings. The molecule has 0 N–H and O–H groups in total. The maximum atomic E-state index is 4.88. The molecule has 0 aliphatic heterocycles. The average Bonchev–Trinajstić information content (AvgIpc) is 3.13. The molecule has 4 heteroatoms. The molecule has 0 saturated heterocycles. The zero-order valence-corrected chi connectivity index (χ0v) is 24.6. The molecule has 46 heavy (non-hydrogen) atoms. The van der Waals surface area contributed by atoms with Crippen molar-refractivity contribution in [1.82, 2.24) is 19.9 Å². The van der Waals surface area contributed by atoms with Gasteiger partial charge in [-0.3, -0.25) is 9.97 Å². The van der Waals surface area contributed by atoms with E-state index in [1.165, 1.54) is 64.6 Å². The Balaban J connectivity index is 1.21. The Kier molecular flexibility index (Phi) is 5.25. The third-order valence-electron chi connectivity index (χ3n) is 9.36. The smallest absolute Gasteiger partial charge is 0.159 e. The Morgan fingerprint density at radius 2 is 0.891 bits per heavy atom. The molecule has 7 aromatic carbocycles. The Labute approximate surface area is 264 Å². The monoisotopic (exact) mass is 584 g/mol. The van der Waals surface area contributed by atoms with Crippen LogP contribution in [0.2, 0.25) is 0 Å². The molecule has 3 heterocycles. The largest absolute Gasteiger partial charge is 0.255 e. The van der Waals surface area contributed by atoms with Crippen molar-refractivity contribution in [2.75, 3.05) is 0 Å². The number of hydrogen-bond acceptors (Lipinski definition) is 4. The lowest BCUT2D eigenvalue weighted by Crippen LogP contribution is -1.93. The van der Waals surface area contributed by atoms with E-state index in [-0.39, 0.29) is 0 Å². The first kappa shape index (κ1) is 25.1. The van der Waals surface area contributed by atoms with Gasteiger partial charge in [0.2, 0.25) is 0 Å². The van der Waals surface area contributed by atoms with E-state index >= 15 is 0 Å². The van der Waals surface area contributed by atoms with Crippen molar-refractivity contribution in [3.63, 3.8) is 0 Å². The number of aromatic nitrogens is 4. The van der Waals surface area contributed by atoms with Gasteiger partial charge in [-0.15, -0.1) is 0 Å². The normalized spacial score (nSPS) is 11.9. The summed E-state index contributed by atoms with van der Waals surface area (Å²) >= 11 is 0. The molecule has 212 valence electrons. The van der Waals surface area contributed by atoms with Crippen LogP contribution in [0.1, 0.15) is 0 Å². The highest BCUT2D eigenvalue weighted by Gasteiger charge is 2.17. The van der Waals surface area contributed by atoms with Crippen LogP contribution < -0.4 is 0 Å². The molecule has 0 radical (unpaired) electrons. The summed E-state index contributed by atoms with van der Waals surface area (Å²) in [5.74, 6) is 0.696. The molecular weight excluding hydrogens is 560 g/mol. The zero-order valence-electron chi connectivity index (χ0n) is 24.6. The summed E-state index contributed by atoms with van der Waals surface area (Å²) in [4.78, 5) is 18.8. The summed E-state index contributed by atoms with van der Waals surface area (Å²) in [7, 11) is 0. The van der Waals surface area contributed by atoms with Gasteiger partial charge in [-0.2, -0.15) is 0 Å². The Bertz CT molecular complexity index is 2760. The maximum absolute atomic E-state index is 4.88. The highest BCUT2D eigenvalue weighted by molar-refractivity contribution is 6.37. The van der Waals surface area contributed by atoms with Crippen LogP contribution in [0.4, 0.5) is 0 Å². The van der Waals surface area contributed by atoms with Gasteiger partial charge in [-0.05, 0) is 95.0 Å². The van der Waals surface area contributed by atoms with Crippen LogP contribution in [-0.2, 0) is 0 Å². The van der Waals surface area contributed by atoms with Crippen LogP contribution in [0.5, 0.6) is 0 Å². The van der Waals surface area contributed by atoms with Crippen LogP contribution in [0.3, 0.4) is 0 Å². The van der Waals surface area contributed by atoms with E-state index in [1.807, 2.05) is 48.9 Å². The Morgan fingerprint density at radius 3 is 1.48 bits per heavy atom. The summed E-state index contributed by atoms with van der Waals surface area (Å²) in [5.41, 5.74) is 4.56. The second-order valence-electron chi connectivity index (χ2n) is 11.9. The van der Waals surface area contributed by atoms with E-state index in [1.54, 1.807) is 6.20 Å². The van der Waals surface area contributed by atoms with Gasteiger partial charge >= 0.3 is 0 Å². The van der Waals surface area contributed by atoms with Crippen molar-refractivity contribution in [2.24, 2.45) is 0 Å².